The molecule has 0 heterocycles. The summed E-state index contributed by atoms with van der Waals surface area (Å²) in [5.74, 6) is 3.25. The quantitative estimate of drug-likeness (QED) is 0.0778. The molecule has 2 fully saturated rings. The van der Waals surface area contributed by atoms with Crippen molar-refractivity contribution in [3.05, 3.63) is 29.3 Å². The smallest absolute Gasteiger partial charge is 0.332 e. The van der Waals surface area contributed by atoms with Gasteiger partial charge in [0.15, 0.2) is 6.79 Å². The SMILES string of the molecule is COCOc1ccc2c(c1)C[C@@H](CCCCCCOCCOCCOCC(=O)OC(C)(C)C)C1C2CCC2(C)C(OCOC)CCC12. The van der Waals surface area contributed by atoms with Crippen LogP contribution in [0.2, 0.25) is 0 Å². The maximum absolute atomic E-state index is 11.6. The molecule has 9 nitrogen and oxygen atoms in total. The molecule has 0 spiro atoms. The van der Waals surface area contributed by atoms with E-state index in [1.807, 2.05) is 20.8 Å². The highest BCUT2D eigenvalue weighted by molar-refractivity contribution is 5.71. The van der Waals surface area contributed by atoms with Crippen molar-refractivity contribution in [3.8, 4) is 5.75 Å². The number of hydrogen-bond donors (Lipinski definition) is 0. The topological polar surface area (TPSA) is 90.9 Å². The second-order valence-electron chi connectivity index (χ2n) is 14.9. The second-order valence-corrected chi connectivity index (χ2v) is 14.9. The van der Waals surface area contributed by atoms with E-state index in [0.717, 1.165) is 31.6 Å². The van der Waals surface area contributed by atoms with Gasteiger partial charge in [0, 0.05) is 20.8 Å². The van der Waals surface area contributed by atoms with Gasteiger partial charge < -0.3 is 37.9 Å². The molecule has 4 rings (SSSR count). The molecule has 5 unspecified atom stereocenters. The van der Waals surface area contributed by atoms with Gasteiger partial charge in [-0.3, -0.25) is 0 Å². The summed E-state index contributed by atoms with van der Waals surface area (Å²) in [7, 11) is 3.39. The van der Waals surface area contributed by atoms with Gasteiger partial charge in [0.25, 0.3) is 0 Å². The summed E-state index contributed by atoms with van der Waals surface area (Å²) in [6.45, 7) is 11.3. The van der Waals surface area contributed by atoms with Crippen LogP contribution in [0.4, 0.5) is 0 Å². The third-order valence-electron chi connectivity index (χ3n) is 10.5. The van der Waals surface area contributed by atoms with Crippen LogP contribution in [-0.4, -0.2) is 85.1 Å². The van der Waals surface area contributed by atoms with Gasteiger partial charge >= 0.3 is 5.97 Å². The minimum absolute atomic E-state index is 0.0541. The number of rotatable bonds is 21. The molecular weight excluding hydrogens is 600 g/mol. The maximum atomic E-state index is 11.6. The van der Waals surface area contributed by atoms with Gasteiger partial charge in [0.2, 0.25) is 0 Å². The number of esters is 1. The standard InChI is InChI=1S/C38H62O9/c1-37(2,3)47-35(39)25-44-22-21-43-20-19-42-18-10-8-7-9-11-28-23-29-24-30(45-26-40-5)12-13-31(29)32-16-17-38(4)33(36(28)32)14-15-34(38)46-27-41-6/h12-13,24,28,32-34,36H,7-11,14-23,25-27H2,1-6H3/t28-,32?,33?,34?,36?,38?/m1/s1. The van der Waals surface area contributed by atoms with Gasteiger partial charge in [0.1, 0.15) is 24.8 Å². The van der Waals surface area contributed by atoms with Crippen molar-refractivity contribution in [2.75, 3.05) is 67.4 Å². The molecule has 0 aromatic heterocycles. The Morgan fingerprint density at radius 3 is 2.34 bits per heavy atom. The Labute approximate surface area is 283 Å². The molecule has 3 aliphatic carbocycles. The molecule has 0 bridgehead atoms. The van der Waals surface area contributed by atoms with Crippen LogP contribution in [-0.2, 0) is 44.4 Å². The van der Waals surface area contributed by atoms with Crippen LogP contribution in [0.3, 0.4) is 0 Å². The average Bonchev–Trinajstić information content (AvgIpc) is 3.37. The number of fused-ring (bicyclic) bond motifs is 5. The molecule has 0 aliphatic heterocycles. The first-order chi connectivity index (χ1) is 22.7. The Morgan fingerprint density at radius 2 is 1.60 bits per heavy atom. The predicted octanol–water partition coefficient (Wildman–Crippen LogP) is 7.08. The van der Waals surface area contributed by atoms with E-state index in [1.165, 1.54) is 50.5 Å². The zero-order valence-electron chi connectivity index (χ0n) is 30.0. The number of benzene rings is 1. The zero-order valence-corrected chi connectivity index (χ0v) is 30.0. The number of carbonyl (C=O) groups is 1. The summed E-state index contributed by atoms with van der Waals surface area (Å²) in [6, 6.07) is 6.76. The molecule has 0 saturated heterocycles. The number of carbonyl (C=O) groups excluding carboxylic acids is 1. The summed E-state index contributed by atoms with van der Waals surface area (Å²) >= 11 is 0. The van der Waals surface area contributed by atoms with Gasteiger partial charge in [-0.1, -0.05) is 32.3 Å². The second kappa shape index (κ2) is 18.9. The fraction of sp³-hybridized carbons (Fsp3) is 0.816. The summed E-state index contributed by atoms with van der Waals surface area (Å²) in [5, 5.41) is 0. The lowest BCUT2D eigenvalue weighted by molar-refractivity contribution is -0.160. The number of hydrogen-bond acceptors (Lipinski definition) is 9. The Morgan fingerprint density at radius 1 is 0.872 bits per heavy atom. The molecule has 1 aromatic carbocycles. The van der Waals surface area contributed by atoms with Crippen molar-refractivity contribution in [3.63, 3.8) is 0 Å². The fourth-order valence-corrected chi connectivity index (χ4v) is 8.57. The Hall–Kier alpha value is -1.75. The largest absolute Gasteiger partial charge is 0.468 e. The first kappa shape index (κ1) is 38.1. The van der Waals surface area contributed by atoms with Crippen LogP contribution in [0.1, 0.15) is 103 Å². The predicted molar refractivity (Wildman–Crippen MR) is 181 cm³/mol. The molecule has 2 saturated carbocycles. The maximum Gasteiger partial charge on any atom is 0.332 e. The highest BCUT2D eigenvalue weighted by Gasteiger charge is 2.57. The molecule has 268 valence electrons. The van der Waals surface area contributed by atoms with Crippen molar-refractivity contribution in [2.45, 2.75) is 110 Å². The molecule has 47 heavy (non-hydrogen) atoms. The molecule has 0 amide bonds. The monoisotopic (exact) mass is 662 g/mol. The number of unbranched alkanes of at least 4 members (excludes halogenated alkanes) is 3. The van der Waals surface area contributed by atoms with Crippen molar-refractivity contribution < 1.29 is 42.7 Å². The van der Waals surface area contributed by atoms with Crippen LogP contribution < -0.4 is 4.74 Å². The first-order valence-corrected chi connectivity index (χ1v) is 18.0. The summed E-state index contributed by atoms with van der Waals surface area (Å²) in [5.41, 5.74) is 2.76. The highest BCUT2D eigenvalue weighted by Crippen LogP contribution is 2.63. The third-order valence-corrected chi connectivity index (χ3v) is 10.5. The molecular formula is C38H62O9. The van der Waals surface area contributed by atoms with Gasteiger partial charge in [0.05, 0.1) is 32.5 Å². The number of methoxy groups -OCH3 is 2. The van der Waals surface area contributed by atoms with Crippen molar-refractivity contribution in [2.24, 2.45) is 23.2 Å². The van der Waals surface area contributed by atoms with E-state index >= 15 is 0 Å². The molecule has 0 radical (unpaired) electrons. The Balaban J connectivity index is 1.18. The lowest BCUT2D eigenvalue weighted by atomic mass is 9.52. The molecule has 1 aromatic rings. The van der Waals surface area contributed by atoms with E-state index in [-0.39, 0.29) is 24.8 Å². The molecule has 9 heteroatoms. The number of ether oxygens (including phenoxy) is 8. The lowest BCUT2D eigenvalue weighted by Gasteiger charge is -2.53. The van der Waals surface area contributed by atoms with Gasteiger partial charge in [-0.25, -0.2) is 4.79 Å². The van der Waals surface area contributed by atoms with Crippen molar-refractivity contribution in [1.82, 2.24) is 0 Å². The normalized spacial score (nSPS) is 26.8. The van der Waals surface area contributed by atoms with Crippen molar-refractivity contribution >= 4 is 5.97 Å². The molecule has 3 aliphatic rings. The minimum atomic E-state index is -0.497. The average molecular weight is 663 g/mol. The van der Waals surface area contributed by atoms with E-state index in [0.29, 0.717) is 63.0 Å². The van der Waals surface area contributed by atoms with Crippen molar-refractivity contribution in [1.29, 1.82) is 0 Å². The Bertz CT molecular complexity index is 1070. The van der Waals surface area contributed by atoms with Crippen LogP contribution in [0.15, 0.2) is 18.2 Å². The van der Waals surface area contributed by atoms with Gasteiger partial charge in [-0.15, -0.1) is 0 Å². The van der Waals surface area contributed by atoms with Gasteiger partial charge in [-0.05, 0) is 118 Å². The van der Waals surface area contributed by atoms with Crippen LogP contribution in [0, 0.1) is 23.2 Å². The summed E-state index contributed by atoms with van der Waals surface area (Å²) in [6.07, 6.45) is 12.3. The first-order valence-electron chi connectivity index (χ1n) is 18.0. The van der Waals surface area contributed by atoms with E-state index in [9.17, 15) is 4.79 Å². The van der Waals surface area contributed by atoms with Crippen LogP contribution >= 0.6 is 0 Å². The van der Waals surface area contributed by atoms with E-state index in [1.54, 1.807) is 19.8 Å². The summed E-state index contributed by atoms with van der Waals surface area (Å²) in [4.78, 5) is 11.6. The molecule has 0 N–H and O–H groups in total. The van der Waals surface area contributed by atoms with Crippen LogP contribution in [0.5, 0.6) is 5.75 Å². The van der Waals surface area contributed by atoms with Gasteiger partial charge in [-0.2, -0.15) is 0 Å². The minimum Gasteiger partial charge on any atom is -0.468 e. The Kier molecular flexibility index (Phi) is 15.3. The van der Waals surface area contributed by atoms with E-state index < -0.39 is 5.60 Å². The lowest BCUT2D eigenvalue weighted by Crippen LogP contribution is -2.47. The zero-order chi connectivity index (χ0) is 33.7. The van der Waals surface area contributed by atoms with E-state index in [2.05, 4.69) is 25.1 Å². The molecule has 6 atom stereocenters. The highest BCUT2D eigenvalue weighted by atomic mass is 16.7. The fourth-order valence-electron chi connectivity index (χ4n) is 8.57. The van der Waals surface area contributed by atoms with Crippen LogP contribution in [0.25, 0.3) is 0 Å². The summed E-state index contributed by atoms with van der Waals surface area (Å²) < 4.78 is 44.5. The van der Waals surface area contributed by atoms with E-state index in [4.69, 9.17) is 37.9 Å². The third kappa shape index (κ3) is 11.1.